The Balaban J connectivity index is 1.92. The van der Waals surface area contributed by atoms with Gasteiger partial charge >= 0.3 is 0 Å². The quantitative estimate of drug-likeness (QED) is 0.901. The first-order valence-electron chi connectivity index (χ1n) is 7.34. The van der Waals surface area contributed by atoms with Gasteiger partial charge < -0.3 is 9.84 Å². The van der Waals surface area contributed by atoms with Crippen LogP contribution in [0.3, 0.4) is 0 Å². The van der Waals surface area contributed by atoms with Gasteiger partial charge in [0.05, 0.1) is 12.2 Å². The molecule has 0 heterocycles. The van der Waals surface area contributed by atoms with Gasteiger partial charge in [0, 0.05) is 10.9 Å². The number of ether oxygens (including phenoxy) is 1. The molecule has 1 aliphatic rings. The van der Waals surface area contributed by atoms with E-state index < -0.39 is 5.60 Å². The number of hydrogen-bond acceptors (Lipinski definition) is 2. The van der Waals surface area contributed by atoms with Gasteiger partial charge in [0.25, 0.3) is 0 Å². The number of halogens is 1. The van der Waals surface area contributed by atoms with Crippen LogP contribution < -0.4 is 4.74 Å². The normalized spacial score (nSPS) is 20.9. The first-order chi connectivity index (χ1) is 10.1. The van der Waals surface area contributed by atoms with Gasteiger partial charge in [0.2, 0.25) is 0 Å². The van der Waals surface area contributed by atoms with Gasteiger partial charge in [-0.05, 0) is 60.7 Å². The predicted molar refractivity (Wildman–Crippen MR) is 87.7 cm³/mol. The van der Waals surface area contributed by atoms with E-state index in [0.29, 0.717) is 13.0 Å². The van der Waals surface area contributed by atoms with Crippen LogP contribution in [0.2, 0.25) is 0 Å². The molecule has 0 saturated heterocycles. The molecule has 0 saturated carbocycles. The summed E-state index contributed by atoms with van der Waals surface area (Å²) in [5, 5.41) is 11.1. The molecule has 0 fully saturated rings. The van der Waals surface area contributed by atoms with E-state index in [9.17, 15) is 5.11 Å². The standard InChI is InChI=1S/C18H19BrO2/c1-2-21-17-5-3-4-15(11-17)18(20)9-8-13-10-16(19)7-6-14(13)12-18/h3-7,10-11,20H,2,8-9,12H2,1H3. The fourth-order valence-electron chi connectivity index (χ4n) is 3.03. The molecule has 3 heteroatoms. The summed E-state index contributed by atoms with van der Waals surface area (Å²) in [4.78, 5) is 0. The Labute approximate surface area is 133 Å². The fourth-order valence-corrected chi connectivity index (χ4v) is 3.44. The van der Waals surface area contributed by atoms with Crippen molar-refractivity contribution < 1.29 is 9.84 Å². The maximum absolute atomic E-state index is 11.1. The lowest BCUT2D eigenvalue weighted by molar-refractivity contribution is 0.0220. The van der Waals surface area contributed by atoms with E-state index in [2.05, 4.69) is 28.1 Å². The van der Waals surface area contributed by atoms with Gasteiger partial charge in [0.1, 0.15) is 5.75 Å². The van der Waals surface area contributed by atoms with Gasteiger partial charge in [-0.3, -0.25) is 0 Å². The Bertz CT molecular complexity index is 653. The van der Waals surface area contributed by atoms with Crippen LogP contribution in [0.1, 0.15) is 30.0 Å². The van der Waals surface area contributed by atoms with Gasteiger partial charge in [0.15, 0.2) is 0 Å². The Kier molecular flexibility index (Phi) is 4.05. The highest BCUT2D eigenvalue weighted by molar-refractivity contribution is 9.10. The molecule has 21 heavy (non-hydrogen) atoms. The second kappa shape index (κ2) is 5.82. The summed E-state index contributed by atoms with van der Waals surface area (Å²) in [5.41, 5.74) is 2.71. The van der Waals surface area contributed by atoms with Crippen LogP contribution in [0, 0.1) is 0 Å². The topological polar surface area (TPSA) is 29.5 Å². The van der Waals surface area contributed by atoms with E-state index in [0.717, 1.165) is 28.6 Å². The molecule has 0 bridgehead atoms. The van der Waals surface area contributed by atoms with Crippen molar-refractivity contribution in [3.63, 3.8) is 0 Å². The van der Waals surface area contributed by atoms with Crippen LogP contribution in [0.4, 0.5) is 0 Å². The maximum Gasteiger partial charge on any atom is 0.119 e. The highest BCUT2D eigenvalue weighted by Gasteiger charge is 2.34. The molecule has 0 radical (unpaired) electrons. The number of fused-ring (bicyclic) bond motifs is 1. The third-order valence-corrected chi connectivity index (χ3v) is 4.63. The summed E-state index contributed by atoms with van der Waals surface area (Å²) in [6.07, 6.45) is 2.29. The maximum atomic E-state index is 11.1. The smallest absolute Gasteiger partial charge is 0.119 e. The van der Waals surface area contributed by atoms with Crippen LogP contribution in [-0.2, 0) is 18.4 Å². The highest BCUT2D eigenvalue weighted by Crippen LogP contribution is 2.38. The lowest BCUT2D eigenvalue weighted by atomic mass is 9.76. The molecule has 2 aromatic carbocycles. The lowest BCUT2D eigenvalue weighted by Crippen LogP contribution is -2.33. The fraction of sp³-hybridized carbons (Fsp3) is 0.333. The molecule has 2 aromatic rings. The molecule has 0 aromatic heterocycles. The Morgan fingerprint density at radius 3 is 2.86 bits per heavy atom. The third kappa shape index (κ3) is 2.99. The zero-order chi connectivity index (χ0) is 14.9. The number of aryl methyl sites for hydroxylation is 1. The average Bonchev–Trinajstić information content (AvgIpc) is 2.48. The van der Waals surface area contributed by atoms with E-state index in [1.165, 1.54) is 11.1 Å². The van der Waals surface area contributed by atoms with E-state index in [1.54, 1.807) is 0 Å². The third-order valence-electron chi connectivity index (χ3n) is 4.14. The van der Waals surface area contributed by atoms with Crippen LogP contribution in [0.5, 0.6) is 5.75 Å². The van der Waals surface area contributed by atoms with Crippen LogP contribution in [0.25, 0.3) is 0 Å². The van der Waals surface area contributed by atoms with Crippen LogP contribution in [-0.4, -0.2) is 11.7 Å². The van der Waals surface area contributed by atoms with Crippen molar-refractivity contribution in [2.75, 3.05) is 6.61 Å². The Morgan fingerprint density at radius 2 is 2.05 bits per heavy atom. The van der Waals surface area contributed by atoms with Crippen molar-refractivity contribution in [1.82, 2.24) is 0 Å². The molecule has 110 valence electrons. The first-order valence-corrected chi connectivity index (χ1v) is 8.13. The summed E-state index contributed by atoms with van der Waals surface area (Å²) in [6, 6.07) is 14.2. The van der Waals surface area contributed by atoms with E-state index >= 15 is 0 Å². The number of aliphatic hydroxyl groups is 1. The predicted octanol–water partition coefficient (Wildman–Crippen LogP) is 4.22. The summed E-state index contributed by atoms with van der Waals surface area (Å²) >= 11 is 3.51. The molecular weight excluding hydrogens is 328 g/mol. The molecular formula is C18H19BrO2. The summed E-state index contributed by atoms with van der Waals surface area (Å²) in [6.45, 7) is 2.61. The second-order valence-corrected chi connectivity index (χ2v) is 6.50. The van der Waals surface area contributed by atoms with Gasteiger partial charge in [-0.15, -0.1) is 0 Å². The minimum atomic E-state index is -0.798. The van der Waals surface area contributed by atoms with Gasteiger partial charge in [-0.2, -0.15) is 0 Å². The molecule has 1 N–H and O–H groups in total. The summed E-state index contributed by atoms with van der Waals surface area (Å²) in [7, 11) is 0. The van der Waals surface area contributed by atoms with Crippen molar-refractivity contribution in [2.45, 2.75) is 31.8 Å². The van der Waals surface area contributed by atoms with E-state index in [-0.39, 0.29) is 0 Å². The molecule has 0 amide bonds. The zero-order valence-electron chi connectivity index (χ0n) is 12.1. The monoisotopic (exact) mass is 346 g/mol. The Morgan fingerprint density at radius 1 is 1.19 bits per heavy atom. The zero-order valence-corrected chi connectivity index (χ0v) is 13.7. The lowest BCUT2D eigenvalue weighted by Gasteiger charge is -2.34. The van der Waals surface area contributed by atoms with Crippen molar-refractivity contribution in [3.05, 3.63) is 63.6 Å². The summed E-state index contributed by atoms with van der Waals surface area (Å²) in [5.74, 6) is 0.824. The Hall–Kier alpha value is -1.32. The van der Waals surface area contributed by atoms with E-state index in [1.807, 2.05) is 37.3 Å². The second-order valence-electron chi connectivity index (χ2n) is 5.58. The van der Waals surface area contributed by atoms with Crippen molar-refractivity contribution >= 4 is 15.9 Å². The molecule has 3 rings (SSSR count). The molecule has 1 unspecified atom stereocenters. The molecule has 1 aliphatic carbocycles. The summed E-state index contributed by atoms with van der Waals surface area (Å²) < 4.78 is 6.65. The number of rotatable bonds is 3. The first kappa shape index (κ1) is 14.6. The largest absolute Gasteiger partial charge is 0.494 e. The molecule has 0 aliphatic heterocycles. The van der Waals surface area contributed by atoms with Crippen molar-refractivity contribution in [3.8, 4) is 5.75 Å². The number of hydrogen-bond donors (Lipinski definition) is 1. The van der Waals surface area contributed by atoms with Crippen LogP contribution >= 0.6 is 15.9 Å². The molecule has 2 nitrogen and oxygen atoms in total. The molecule has 0 spiro atoms. The minimum Gasteiger partial charge on any atom is -0.494 e. The average molecular weight is 347 g/mol. The van der Waals surface area contributed by atoms with E-state index in [4.69, 9.17) is 4.74 Å². The van der Waals surface area contributed by atoms with Crippen molar-refractivity contribution in [2.24, 2.45) is 0 Å². The van der Waals surface area contributed by atoms with Gasteiger partial charge in [-0.1, -0.05) is 34.1 Å². The van der Waals surface area contributed by atoms with Crippen molar-refractivity contribution in [1.29, 1.82) is 0 Å². The molecule has 1 atom stereocenters. The SMILES string of the molecule is CCOc1cccc(C2(O)CCc3cc(Br)ccc3C2)c1. The minimum absolute atomic E-state index is 0.638. The van der Waals surface area contributed by atoms with Crippen LogP contribution in [0.15, 0.2) is 46.9 Å². The highest BCUT2D eigenvalue weighted by atomic mass is 79.9. The number of benzene rings is 2. The van der Waals surface area contributed by atoms with Gasteiger partial charge in [-0.25, -0.2) is 0 Å².